The number of methoxy groups -OCH3 is 1. The van der Waals surface area contributed by atoms with Crippen molar-refractivity contribution in [3.05, 3.63) is 0 Å². The lowest BCUT2D eigenvalue weighted by Gasteiger charge is -2.27. The van der Waals surface area contributed by atoms with Gasteiger partial charge < -0.3 is 9.47 Å². The molecular weight excluding hydrogens is 222 g/mol. The van der Waals surface area contributed by atoms with Crippen LogP contribution in [0.1, 0.15) is 34.6 Å². The number of nitrogens with zero attached hydrogens (tertiary/aromatic N) is 1. The van der Waals surface area contributed by atoms with E-state index in [0.717, 1.165) is 0 Å². The topological polar surface area (TPSA) is 55.8 Å². The minimum Gasteiger partial charge on any atom is -0.468 e. The van der Waals surface area contributed by atoms with Crippen molar-refractivity contribution in [1.82, 2.24) is 4.90 Å². The summed E-state index contributed by atoms with van der Waals surface area (Å²) in [6, 6.07) is 0. The summed E-state index contributed by atoms with van der Waals surface area (Å²) in [5.74, 6) is -0.191. The number of carbonyl (C=O) groups is 2. The molecule has 0 atom stereocenters. The van der Waals surface area contributed by atoms with Gasteiger partial charge in [0.25, 0.3) is 0 Å². The molecule has 0 aliphatic rings. The quantitative estimate of drug-likeness (QED) is 0.711. The molecule has 0 aromatic heterocycles. The molecule has 0 fully saturated rings. The fourth-order valence-corrected chi connectivity index (χ4v) is 1.19. The number of ether oxygens (including phenoxy) is 2. The van der Waals surface area contributed by atoms with E-state index in [-0.39, 0.29) is 12.5 Å². The molecule has 0 unspecified atom stereocenters. The second kappa shape index (κ2) is 6.47. The predicted molar refractivity (Wildman–Crippen MR) is 64.7 cm³/mol. The molecule has 0 saturated carbocycles. The van der Waals surface area contributed by atoms with Crippen LogP contribution < -0.4 is 0 Å². The lowest BCUT2D eigenvalue weighted by Crippen LogP contribution is -2.42. The van der Waals surface area contributed by atoms with Crippen LogP contribution in [0.2, 0.25) is 0 Å². The molecule has 100 valence electrons. The molecule has 0 spiro atoms. The van der Waals surface area contributed by atoms with E-state index < -0.39 is 17.7 Å². The van der Waals surface area contributed by atoms with Crippen molar-refractivity contribution >= 4 is 12.1 Å². The monoisotopic (exact) mass is 245 g/mol. The zero-order chi connectivity index (χ0) is 13.6. The van der Waals surface area contributed by atoms with Crippen LogP contribution in [0.25, 0.3) is 0 Å². The lowest BCUT2D eigenvalue weighted by molar-refractivity contribution is -0.142. The highest BCUT2D eigenvalue weighted by Gasteiger charge is 2.24. The summed E-state index contributed by atoms with van der Waals surface area (Å²) in [6.07, 6.45) is -0.489. The third-order valence-corrected chi connectivity index (χ3v) is 1.78. The van der Waals surface area contributed by atoms with E-state index in [2.05, 4.69) is 4.74 Å². The van der Waals surface area contributed by atoms with Gasteiger partial charge in [0.1, 0.15) is 12.1 Å². The summed E-state index contributed by atoms with van der Waals surface area (Å²) in [5.41, 5.74) is -0.567. The summed E-state index contributed by atoms with van der Waals surface area (Å²) in [4.78, 5) is 24.4. The molecule has 17 heavy (non-hydrogen) atoms. The van der Waals surface area contributed by atoms with Crippen molar-refractivity contribution in [2.24, 2.45) is 5.92 Å². The van der Waals surface area contributed by atoms with Gasteiger partial charge in [0.05, 0.1) is 7.11 Å². The van der Waals surface area contributed by atoms with E-state index >= 15 is 0 Å². The molecule has 0 heterocycles. The number of amides is 1. The Labute approximate surface area is 103 Å². The van der Waals surface area contributed by atoms with Crippen molar-refractivity contribution in [2.75, 3.05) is 20.2 Å². The van der Waals surface area contributed by atoms with E-state index in [1.165, 1.54) is 12.0 Å². The number of carbonyl (C=O) groups excluding carboxylic acids is 2. The van der Waals surface area contributed by atoms with Crippen LogP contribution >= 0.6 is 0 Å². The molecule has 0 bridgehead atoms. The first kappa shape index (κ1) is 15.7. The minimum atomic E-state index is -0.567. The van der Waals surface area contributed by atoms with Crippen molar-refractivity contribution in [3.63, 3.8) is 0 Å². The second-order valence-corrected chi connectivity index (χ2v) is 5.33. The Bertz CT molecular complexity index is 268. The maximum atomic E-state index is 11.8. The number of hydrogen-bond donors (Lipinski definition) is 0. The average Bonchev–Trinajstić information content (AvgIpc) is 2.13. The Morgan fingerprint density at radius 1 is 1.24 bits per heavy atom. The van der Waals surface area contributed by atoms with Crippen LogP contribution in [0.3, 0.4) is 0 Å². The van der Waals surface area contributed by atoms with Crippen molar-refractivity contribution < 1.29 is 19.1 Å². The highest BCUT2D eigenvalue weighted by Crippen LogP contribution is 2.11. The molecule has 0 aromatic rings. The molecule has 5 heteroatoms. The van der Waals surface area contributed by atoms with Gasteiger partial charge >= 0.3 is 12.1 Å². The first-order valence-corrected chi connectivity index (χ1v) is 5.70. The van der Waals surface area contributed by atoms with Crippen LogP contribution in [0.5, 0.6) is 0 Å². The van der Waals surface area contributed by atoms with Gasteiger partial charge in [-0.25, -0.2) is 4.79 Å². The Kier molecular flexibility index (Phi) is 5.99. The highest BCUT2D eigenvalue weighted by atomic mass is 16.6. The van der Waals surface area contributed by atoms with Crippen molar-refractivity contribution in [1.29, 1.82) is 0 Å². The van der Waals surface area contributed by atoms with Crippen molar-refractivity contribution in [2.45, 2.75) is 40.2 Å². The molecule has 0 radical (unpaired) electrons. The maximum absolute atomic E-state index is 11.8. The summed E-state index contributed by atoms with van der Waals surface area (Å²) in [7, 11) is 1.30. The van der Waals surface area contributed by atoms with Crippen LogP contribution in [0.15, 0.2) is 0 Å². The summed E-state index contributed by atoms with van der Waals surface area (Å²) < 4.78 is 9.78. The Hall–Kier alpha value is -1.26. The SMILES string of the molecule is COC(=O)CN(CC(C)C)C(=O)OC(C)(C)C. The number of hydrogen-bond acceptors (Lipinski definition) is 4. The summed E-state index contributed by atoms with van der Waals surface area (Å²) >= 11 is 0. The van der Waals surface area contributed by atoms with Crippen LogP contribution in [0, 0.1) is 5.92 Å². The predicted octanol–water partition coefficient (Wildman–Crippen LogP) is 2.05. The molecule has 0 aliphatic carbocycles. The Morgan fingerprint density at radius 2 is 1.76 bits per heavy atom. The fourth-order valence-electron chi connectivity index (χ4n) is 1.19. The maximum Gasteiger partial charge on any atom is 0.410 e. The van der Waals surface area contributed by atoms with Gasteiger partial charge in [-0.15, -0.1) is 0 Å². The Morgan fingerprint density at radius 3 is 2.12 bits per heavy atom. The molecule has 0 rings (SSSR count). The third-order valence-electron chi connectivity index (χ3n) is 1.78. The van der Waals surface area contributed by atoms with Gasteiger partial charge in [-0.1, -0.05) is 13.8 Å². The molecule has 5 nitrogen and oxygen atoms in total. The summed E-state index contributed by atoms with van der Waals surface area (Å²) in [6.45, 7) is 9.68. The first-order chi connectivity index (χ1) is 7.65. The average molecular weight is 245 g/mol. The van der Waals surface area contributed by atoms with Crippen molar-refractivity contribution in [3.8, 4) is 0 Å². The van der Waals surface area contributed by atoms with E-state index in [4.69, 9.17) is 4.74 Å². The fraction of sp³-hybridized carbons (Fsp3) is 0.833. The standard InChI is InChI=1S/C12H23NO4/c1-9(2)7-13(8-10(14)16-6)11(15)17-12(3,4)5/h9H,7-8H2,1-6H3. The molecule has 0 N–H and O–H groups in total. The highest BCUT2D eigenvalue weighted by molar-refractivity contribution is 5.78. The largest absolute Gasteiger partial charge is 0.468 e. The van der Waals surface area contributed by atoms with Crippen LogP contribution in [-0.2, 0) is 14.3 Å². The third kappa shape index (κ3) is 7.60. The minimum absolute atomic E-state index is 0.0798. The van der Waals surface area contributed by atoms with Crippen LogP contribution in [0.4, 0.5) is 4.79 Å². The smallest absolute Gasteiger partial charge is 0.410 e. The molecule has 1 amide bonds. The lowest BCUT2D eigenvalue weighted by atomic mass is 10.2. The molecule has 0 saturated heterocycles. The second-order valence-electron chi connectivity index (χ2n) is 5.33. The van der Waals surface area contributed by atoms with Gasteiger partial charge in [-0.3, -0.25) is 9.69 Å². The molecule has 0 aromatic carbocycles. The Balaban J connectivity index is 4.56. The van der Waals surface area contributed by atoms with Gasteiger partial charge in [-0.2, -0.15) is 0 Å². The number of rotatable bonds is 4. The van der Waals surface area contributed by atoms with E-state index in [1.807, 2.05) is 13.8 Å². The van der Waals surface area contributed by atoms with Crippen LogP contribution in [-0.4, -0.2) is 42.8 Å². The molecule has 0 aliphatic heterocycles. The van der Waals surface area contributed by atoms with Gasteiger partial charge in [-0.05, 0) is 26.7 Å². The van der Waals surface area contributed by atoms with Gasteiger partial charge in [0, 0.05) is 6.54 Å². The summed E-state index contributed by atoms with van der Waals surface area (Å²) in [5, 5.41) is 0. The molecular formula is C12H23NO4. The number of esters is 1. The normalized spacial score (nSPS) is 11.2. The van der Waals surface area contributed by atoms with E-state index in [1.54, 1.807) is 20.8 Å². The van der Waals surface area contributed by atoms with E-state index in [0.29, 0.717) is 6.54 Å². The first-order valence-electron chi connectivity index (χ1n) is 5.70. The van der Waals surface area contributed by atoms with Gasteiger partial charge in [0.15, 0.2) is 0 Å². The zero-order valence-electron chi connectivity index (χ0n) is 11.6. The van der Waals surface area contributed by atoms with Gasteiger partial charge in [0.2, 0.25) is 0 Å². The van der Waals surface area contributed by atoms with E-state index in [9.17, 15) is 9.59 Å². The zero-order valence-corrected chi connectivity index (χ0v) is 11.6.